The van der Waals surface area contributed by atoms with Gasteiger partial charge in [-0.1, -0.05) is 0 Å². The molecule has 0 fully saturated rings. The fraction of sp³-hybridized carbons (Fsp3) is 0.333. The third kappa shape index (κ3) is 3.02. The first-order valence-electron chi connectivity index (χ1n) is 6.22. The highest BCUT2D eigenvalue weighted by Crippen LogP contribution is 2.24. The molecule has 0 saturated heterocycles. The van der Waals surface area contributed by atoms with Crippen molar-refractivity contribution >= 4 is 17.3 Å². The maximum absolute atomic E-state index is 11.0. The Hall–Kier alpha value is -2.64. The molecule has 0 aliphatic carbocycles. The summed E-state index contributed by atoms with van der Waals surface area (Å²) in [5, 5.41) is 21.1. The predicted octanol–water partition coefficient (Wildman–Crippen LogP) is 1.77. The highest BCUT2D eigenvalue weighted by Gasteiger charge is 2.16. The first-order chi connectivity index (χ1) is 9.61. The smallest absolute Gasteiger partial charge is 0.311 e. The van der Waals surface area contributed by atoms with Gasteiger partial charge in [-0.3, -0.25) is 14.8 Å². The lowest BCUT2D eigenvalue weighted by molar-refractivity contribution is -0.384. The van der Waals surface area contributed by atoms with Gasteiger partial charge in [-0.2, -0.15) is 5.10 Å². The molecule has 106 valence electrons. The molecule has 2 aromatic rings. The Morgan fingerprint density at radius 1 is 1.35 bits per heavy atom. The van der Waals surface area contributed by atoms with Crippen molar-refractivity contribution in [2.75, 3.05) is 17.2 Å². The molecule has 0 aromatic carbocycles. The van der Waals surface area contributed by atoms with Gasteiger partial charge < -0.3 is 10.6 Å². The van der Waals surface area contributed by atoms with Gasteiger partial charge in [0, 0.05) is 25.9 Å². The molecule has 2 aromatic heterocycles. The second-order valence-electron chi connectivity index (χ2n) is 4.15. The zero-order valence-electron chi connectivity index (χ0n) is 11.3. The van der Waals surface area contributed by atoms with Crippen LogP contribution in [0.4, 0.5) is 17.3 Å². The number of aromatic nitrogens is 3. The molecule has 0 bridgehead atoms. The van der Waals surface area contributed by atoms with Gasteiger partial charge in [-0.05, 0) is 19.1 Å². The van der Waals surface area contributed by atoms with Gasteiger partial charge in [-0.15, -0.1) is 0 Å². The van der Waals surface area contributed by atoms with E-state index < -0.39 is 4.92 Å². The zero-order valence-corrected chi connectivity index (χ0v) is 11.3. The summed E-state index contributed by atoms with van der Waals surface area (Å²) in [5.41, 5.74) is 0.865. The molecule has 0 amide bonds. The van der Waals surface area contributed by atoms with Gasteiger partial charge in [-0.25, -0.2) is 4.98 Å². The summed E-state index contributed by atoms with van der Waals surface area (Å²) < 4.78 is 1.70. The number of nitrogens with zero attached hydrogens (tertiary/aromatic N) is 4. The number of hydrogen-bond donors (Lipinski definition) is 2. The van der Waals surface area contributed by atoms with Gasteiger partial charge in [0.2, 0.25) is 5.82 Å². The number of pyridine rings is 1. The second kappa shape index (κ2) is 6.00. The number of aryl methyl sites for hydroxylation is 1. The van der Waals surface area contributed by atoms with Crippen molar-refractivity contribution in [1.29, 1.82) is 0 Å². The summed E-state index contributed by atoms with van der Waals surface area (Å²) in [6.07, 6.45) is 1.67. The van der Waals surface area contributed by atoms with Crippen LogP contribution in [0.5, 0.6) is 0 Å². The molecular formula is C12H16N6O2. The van der Waals surface area contributed by atoms with Crippen molar-refractivity contribution in [3.63, 3.8) is 0 Å². The number of anilines is 2. The largest absolute Gasteiger partial charge is 0.370 e. The van der Waals surface area contributed by atoms with Crippen LogP contribution in [0.15, 0.2) is 24.4 Å². The van der Waals surface area contributed by atoms with Crippen LogP contribution in [0, 0.1) is 10.1 Å². The Balaban J connectivity index is 2.21. The van der Waals surface area contributed by atoms with Crippen molar-refractivity contribution in [2.24, 2.45) is 7.05 Å². The maximum atomic E-state index is 11.0. The number of hydrogen-bond acceptors (Lipinski definition) is 6. The lowest BCUT2D eigenvalue weighted by Crippen LogP contribution is -2.09. The molecule has 2 rings (SSSR count). The lowest BCUT2D eigenvalue weighted by atomic mass is 10.3. The molecule has 8 nitrogen and oxygen atoms in total. The Kier molecular flexibility index (Phi) is 4.14. The quantitative estimate of drug-likeness (QED) is 0.616. The predicted molar refractivity (Wildman–Crippen MR) is 75.6 cm³/mol. The van der Waals surface area contributed by atoms with Gasteiger partial charge in [0.25, 0.3) is 0 Å². The average molecular weight is 276 g/mol. The minimum Gasteiger partial charge on any atom is -0.370 e. The third-order valence-corrected chi connectivity index (χ3v) is 2.79. The summed E-state index contributed by atoms with van der Waals surface area (Å²) in [6, 6.07) is 4.88. The monoisotopic (exact) mass is 276 g/mol. The van der Waals surface area contributed by atoms with Gasteiger partial charge in [0.15, 0.2) is 0 Å². The topological polar surface area (TPSA) is 97.9 Å². The van der Waals surface area contributed by atoms with Crippen LogP contribution < -0.4 is 10.6 Å². The second-order valence-corrected chi connectivity index (χ2v) is 4.15. The molecule has 0 spiro atoms. The van der Waals surface area contributed by atoms with E-state index in [-0.39, 0.29) is 11.5 Å². The molecule has 0 aliphatic heterocycles. The third-order valence-electron chi connectivity index (χ3n) is 2.79. The molecule has 0 saturated carbocycles. The lowest BCUT2D eigenvalue weighted by Gasteiger charge is -2.09. The van der Waals surface area contributed by atoms with E-state index in [4.69, 9.17) is 0 Å². The van der Waals surface area contributed by atoms with Crippen LogP contribution in [0.1, 0.15) is 12.6 Å². The number of nitrogens with one attached hydrogen (secondary N) is 2. The molecular weight excluding hydrogens is 260 g/mol. The first-order valence-corrected chi connectivity index (χ1v) is 6.22. The fourth-order valence-corrected chi connectivity index (χ4v) is 1.76. The van der Waals surface area contributed by atoms with E-state index in [1.165, 1.54) is 6.07 Å². The molecule has 2 heterocycles. The van der Waals surface area contributed by atoms with Gasteiger partial charge in [0.05, 0.1) is 17.2 Å². The molecule has 0 unspecified atom stereocenters. The minimum absolute atomic E-state index is 0.0474. The highest BCUT2D eigenvalue weighted by atomic mass is 16.6. The molecule has 0 aliphatic rings. The van der Waals surface area contributed by atoms with Gasteiger partial charge >= 0.3 is 5.69 Å². The number of rotatable bonds is 6. The van der Waals surface area contributed by atoms with Crippen LogP contribution in [0.2, 0.25) is 0 Å². The van der Waals surface area contributed by atoms with Crippen molar-refractivity contribution in [1.82, 2.24) is 14.8 Å². The maximum Gasteiger partial charge on any atom is 0.311 e. The van der Waals surface area contributed by atoms with Crippen LogP contribution in [-0.4, -0.2) is 26.2 Å². The Morgan fingerprint density at radius 3 is 2.75 bits per heavy atom. The normalized spacial score (nSPS) is 10.3. The average Bonchev–Trinajstić information content (AvgIpc) is 2.82. The summed E-state index contributed by atoms with van der Waals surface area (Å²) in [4.78, 5) is 14.8. The van der Waals surface area contributed by atoms with E-state index in [0.29, 0.717) is 18.9 Å². The van der Waals surface area contributed by atoms with E-state index in [1.54, 1.807) is 16.9 Å². The van der Waals surface area contributed by atoms with E-state index in [9.17, 15) is 10.1 Å². The van der Waals surface area contributed by atoms with E-state index in [2.05, 4.69) is 20.7 Å². The standard InChI is InChI=1S/C12H16N6O2/c1-3-13-11-5-4-10(18(19)20)12(16-11)14-8-9-6-7-15-17(9)2/h4-7H,3,8H2,1-2H3,(H2,13,14,16). The fourth-order valence-electron chi connectivity index (χ4n) is 1.76. The van der Waals surface area contributed by atoms with Crippen LogP contribution in [-0.2, 0) is 13.6 Å². The van der Waals surface area contributed by atoms with Crippen molar-refractivity contribution in [3.05, 3.63) is 40.2 Å². The summed E-state index contributed by atoms with van der Waals surface area (Å²) in [5.74, 6) is 0.847. The van der Waals surface area contributed by atoms with Crippen LogP contribution in [0.3, 0.4) is 0 Å². The summed E-state index contributed by atoms with van der Waals surface area (Å²) in [7, 11) is 1.81. The Morgan fingerprint density at radius 2 is 2.15 bits per heavy atom. The molecule has 8 heteroatoms. The molecule has 0 atom stereocenters. The van der Waals surface area contributed by atoms with E-state index >= 15 is 0 Å². The van der Waals surface area contributed by atoms with Crippen LogP contribution >= 0.6 is 0 Å². The molecule has 0 radical (unpaired) electrons. The van der Waals surface area contributed by atoms with Crippen molar-refractivity contribution in [2.45, 2.75) is 13.5 Å². The number of nitro groups is 1. The van der Waals surface area contributed by atoms with Crippen molar-refractivity contribution in [3.8, 4) is 0 Å². The molecule has 20 heavy (non-hydrogen) atoms. The summed E-state index contributed by atoms with van der Waals surface area (Å²) in [6.45, 7) is 3.05. The van der Waals surface area contributed by atoms with Gasteiger partial charge in [0.1, 0.15) is 5.82 Å². The van der Waals surface area contributed by atoms with E-state index in [1.807, 2.05) is 20.0 Å². The first kappa shape index (κ1) is 13.8. The minimum atomic E-state index is -0.450. The SMILES string of the molecule is CCNc1ccc([N+](=O)[O-])c(NCc2ccnn2C)n1. The summed E-state index contributed by atoms with van der Waals surface area (Å²) >= 11 is 0. The van der Waals surface area contributed by atoms with Crippen molar-refractivity contribution < 1.29 is 4.92 Å². The Bertz CT molecular complexity index is 610. The Labute approximate surface area is 116 Å². The van der Waals surface area contributed by atoms with E-state index in [0.717, 1.165) is 5.69 Å². The van der Waals surface area contributed by atoms with Crippen LogP contribution in [0.25, 0.3) is 0 Å². The zero-order chi connectivity index (χ0) is 14.5. The molecule has 2 N–H and O–H groups in total. The highest BCUT2D eigenvalue weighted by molar-refractivity contribution is 5.60.